The average Bonchev–Trinajstić information content (AvgIpc) is 2.53. The van der Waals surface area contributed by atoms with Crippen molar-refractivity contribution in [1.82, 2.24) is 14.5 Å². The van der Waals surface area contributed by atoms with Crippen LogP contribution in [0.2, 0.25) is 5.28 Å². The second kappa shape index (κ2) is 4.38. The van der Waals surface area contributed by atoms with E-state index in [1.54, 1.807) is 27.7 Å². The molecule has 0 saturated heterocycles. The van der Waals surface area contributed by atoms with Gasteiger partial charge in [0.05, 0.1) is 5.39 Å². The maximum Gasteiger partial charge on any atom is 0.420 e. The SMILES string of the molecule is Cc1cn(C(=O)OC(C)(C)C)c2nc(Cl)[nH]c(=O)c12. The molecule has 0 spiro atoms. The van der Waals surface area contributed by atoms with E-state index in [9.17, 15) is 9.59 Å². The minimum Gasteiger partial charge on any atom is -0.443 e. The number of hydrogen-bond donors (Lipinski definition) is 1. The van der Waals surface area contributed by atoms with Crippen molar-refractivity contribution in [1.29, 1.82) is 0 Å². The van der Waals surface area contributed by atoms with Crippen LogP contribution in [0.5, 0.6) is 0 Å². The monoisotopic (exact) mass is 283 g/mol. The van der Waals surface area contributed by atoms with Crippen molar-refractivity contribution in [3.8, 4) is 0 Å². The van der Waals surface area contributed by atoms with Crippen LogP contribution in [-0.2, 0) is 4.74 Å². The molecule has 2 aromatic heterocycles. The molecule has 0 unspecified atom stereocenters. The summed E-state index contributed by atoms with van der Waals surface area (Å²) in [5, 5.41) is 0.260. The number of H-pyrrole nitrogens is 1. The predicted molar refractivity (Wildman–Crippen MR) is 71.7 cm³/mol. The molecule has 0 saturated carbocycles. The fourth-order valence-corrected chi connectivity index (χ4v) is 1.90. The zero-order valence-electron chi connectivity index (χ0n) is 11.1. The smallest absolute Gasteiger partial charge is 0.420 e. The maximum absolute atomic E-state index is 12.1. The Kier molecular flexibility index (Phi) is 3.14. The third-order valence-corrected chi connectivity index (χ3v) is 2.59. The minimum atomic E-state index is -0.632. The topological polar surface area (TPSA) is 77.0 Å². The molecule has 2 aromatic rings. The number of carbonyl (C=O) groups is 1. The summed E-state index contributed by atoms with van der Waals surface area (Å²) in [6, 6.07) is 0. The van der Waals surface area contributed by atoms with Crippen LogP contribution in [0.15, 0.2) is 11.0 Å². The van der Waals surface area contributed by atoms with Gasteiger partial charge in [0.2, 0.25) is 5.28 Å². The van der Waals surface area contributed by atoms with E-state index in [2.05, 4.69) is 9.97 Å². The van der Waals surface area contributed by atoms with Gasteiger partial charge >= 0.3 is 6.09 Å². The number of nitrogens with zero attached hydrogens (tertiary/aromatic N) is 2. The van der Waals surface area contributed by atoms with Crippen molar-refractivity contribution in [2.24, 2.45) is 0 Å². The highest BCUT2D eigenvalue weighted by Gasteiger charge is 2.22. The largest absolute Gasteiger partial charge is 0.443 e. The van der Waals surface area contributed by atoms with Crippen LogP contribution in [0.1, 0.15) is 26.3 Å². The third kappa shape index (κ3) is 2.63. The lowest BCUT2D eigenvalue weighted by Crippen LogP contribution is -2.27. The maximum atomic E-state index is 12.1. The minimum absolute atomic E-state index is 0.0691. The van der Waals surface area contributed by atoms with Crippen LogP contribution in [0.25, 0.3) is 11.0 Å². The number of hydrogen-bond acceptors (Lipinski definition) is 4. The van der Waals surface area contributed by atoms with Gasteiger partial charge < -0.3 is 4.74 Å². The van der Waals surface area contributed by atoms with Gasteiger partial charge in [0, 0.05) is 6.20 Å². The van der Waals surface area contributed by atoms with E-state index in [0.29, 0.717) is 10.9 Å². The Morgan fingerprint density at radius 3 is 2.68 bits per heavy atom. The Bertz CT molecular complexity index is 709. The molecule has 1 N–H and O–H groups in total. The number of carbonyl (C=O) groups excluding carboxylic acids is 1. The lowest BCUT2D eigenvalue weighted by Gasteiger charge is -2.19. The number of ether oxygens (including phenoxy) is 1. The van der Waals surface area contributed by atoms with Gasteiger partial charge in [-0.15, -0.1) is 0 Å². The van der Waals surface area contributed by atoms with E-state index in [-0.39, 0.29) is 16.5 Å². The van der Waals surface area contributed by atoms with Gasteiger partial charge in [-0.3, -0.25) is 9.78 Å². The molecule has 0 atom stereocenters. The van der Waals surface area contributed by atoms with E-state index in [1.165, 1.54) is 10.8 Å². The molecule has 19 heavy (non-hydrogen) atoms. The fourth-order valence-electron chi connectivity index (χ4n) is 1.73. The highest BCUT2D eigenvalue weighted by atomic mass is 35.5. The van der Waals surface area contributed by atoms with Crippen molar-refractivity contribution >= 4 is 28.7 Å². The lowest BCUT2D eigenvalue weighted by molar-refractivity contribution is 0.0543. The summed E-state index contributed by atoms with van der Waals surface area (Å²) in [4.78, 5) is 30.2. The molecule has 0 aliphatic heterocycles. The van der Waals surface area contributed by atoms with Crippen LogP contribution in [0, 0.1) is 6.92 Å². The molecule has 0 fully saturated rings. The van der Waals surface area contributed by atoms with Crippen molar-refractivity contribution < 1.29 is 9.53 Å². The molecule has 0 bridgehead atoms. The number of fused-ring (bicyclic) bond motifs is 1. The standard InChI is InChI=1S/C12H14ClN3O3/c1-6-5-16(11(18)19-12(2,3)4)8-7(6)9(17)15-10(13)14-8/h5H,1-4H3,(H,14,15,17). The molecule has 0 radical (unpaired) electrons. The Morgan fingerprint density at radius 1 is 1.47 bits per heavy atom. The van der Waals surface area contributed by atoms with Gasteiger partial charge in [-0.1, -0.05) is 0 Å². The molecule has 0 aliphatic carbocycles. The Labute approximate surface area is 114 Å². The summed E-state index contributed by atoms with van der Waals surface area (Å²) in [5.74, 6) is 0. The first kappa shape index (κ1) is 13.6. The van der Waals surface area contributed by atoms with Crippen molar-refractivity contribution in [3.63, 3.8) is 0 Å². The van der Waals surface area contributed by atoms with Gasteiger partial charge in [-0.2, -0.15) is 0 Å². The Hall–Kier alpha value is -1.82. The number of nitrogens with one attached hydrogen (secondary N) is 1. The fraction of sp³-hybridized carbons (Fsp3) is 0.417. The first-order valence-corrected chi connectivity index (χ1v) is 6.07. The van der Waals surface area contributed by atoms with E-state index in [1.807, 2.05) is 0 Å². The molecule has 7 heteroatoms. The first-order valence-electron chi connectivity index (χ1n) is 5.70. The molecule has 2 heterocycles. The molecular formula is C12H14ClN3O3. The number of aryl methyl sites for hydroxylation is 1. The molecule has 102 valence electrons. The van der Waals surface area contributed by atoms with Crippen molar-refractivity contribution in [3.05, 3.63) is 27.4 Å². The van der Waals surface area contributed by atoms with E-state index in [0.717, 1.165) is 0 Å². The van der Waals surface area contributed by atoms with Gasteiger partial charge in [0.1, 0.15) is 5.60 Å². The molecule has 6 nitrogen and oxygen atoms in total. The summed E-state index contributed by atoms with van der Waals surface area (Å²) >= 11 is 5.71. The van der Waals surface area contributed by atoms with Crippen LogP contribution in [0.4, 0.5) is 4.79 Å². The van der Waals surface area contributed by atoms with Gasteiger partial charge in [-0.05, 0) is 44.9 Å². The van der Waals surface area contributed by atoms with E-state index in [4.69, 9.17) is 16.3 Å². The van der Waals surface area contributed by atoms with Crippen molar-refractivity contribution in [2.75, 3.05) is 0 Å². The van der Waals surface area contributed by atoms with Gasteiger partial charge in [0.15, 0.2) is 5.65 Å². The second-order valence-corrected chi connectivity index (χ2v) is 5.58. The molecular weight excluding hydrogens is 270 g/mol. The number of halogens is 1. The summed E-state index contributed by atoms with van der Waals surface area (Å²) in [5.41, 5.74) is -0.186. The third-order valence-electron chi connectivity index (χ3n) is 2.41. The molecule has 0 aliphatic rings. The first-order chi connectivity index (χ1) is 8.69. The van der Waals surface area contributed by atoms with Crippen molar-refractivity contribution in [2.45, 2.75) is 33.3 Å². The Balaban J connectivity index is 2.63. The molecule has 0 amide bonds. The van der Waals surface area contributed by atoms with E-state index >= 15 is 0 Å². The normalized spacial score (nSPS) is 11.8. The van der Waals surface area contributed by atoms with E-state index < -0.39 is 11.7 Å². The second-order valence-electron chi connectivity index (χ2n) is 5.22. The van der Waals surface area contributed by atoms with Crippen LogP contribution < -0.4 is 5.56 Å². The van der Waals surface area contributed by atoms with Crippen LogP contribution >= 0.6 is 11.6 Å². The zero-order chi connectivity index (χ0) is 14.4. The summed E-state index contributed by atoms with van der Waals surface area (Å²) in [7, 11) is 0. The summed E-state index contributed by atoms with van der Waals surface area (Å²) in [6.45, 7) is 7.00. The quantitative estimate of drug-likeness (QED) is 0.754. The summed E-state index contributed by atoms with van der Waals surface area (Å²) < 4.78 is 6.45. The average molecular weight is 284 g/mol. The van der Waals surface area contributed by atoms with Gasteiger partial charge in [-0.25, -0.2) is 14.3 Å². The highest BCUT2D eigenvalue weighted by Crippen LogP contribution is 2.18. The van der Waals surface area contributed by atoms with Crippen LogP contribution in [0.3, 0.4) is 0 Å². The zero-order valence-corrected chi connectivity index (χ0v) is 11.8. The lowest BCUT2D eigenvalue weighted by atomic mass is 10.2. The number of aromatic amines is 1. The predicted octanol–water partition coefficient (Wildman–Crippen LogP) is 2.47. The van der Waals surface area contributed by atoms with Gasteiger partial charge in [0.25, 0.3) is 5.56 Å². The molecule has 2 rings (SSSR count). The Morgan fingerprint density at radius 2 is 2.11 bits per heavy atom. The molecule has 0 aromatic carbocycles. The summed E-state index contributed by atoms with van der Waals surface area (Å²) in [6.07, 6.45) is 0.914. The highest BCUT2D eigenvalue weighted by molar-refractivity contribution is 6.28. The number of aromatic nitrogens is 3. The van der Waals surface area contributed by atoms with Crippen LogP contribution in [-0.4, -0.2) is 26.2 Å². The number of rotatable bonds is 0.